The summed E-state index contributed by atoms with van der Waals surface area (Å²) in [6, 6.07) is 1.78. The highest BCUT2D eigenvalue weighted by Crippen LogP contribution is 2.42. The molecule has 0 spiro atoms. The second-order valence-electron chi connectivity index (χ2n) is 4.31. The first kappa shape index (κ1) is 9.85. The van der Waals surface area contributed by atoms with Crippen LogP contribution in [0.25, 0.3) is 10.9 Å². The maximum atomic E-state index is 9.90. The van der Waals surface area contributed by atoms with E-state index in [1.807, 2.05) is 13.1 Å². The molecule has 0 saturated carbocycles. The molecule has 16 heavy (non-hydrogen) atoms. The molecule has 1 unspecified atom stereocenters. The number of anilines is 1. The molecule has 1 aromatic carbocycles. The van der Waals surface area contributed by atoms with Crippen LogP contribution in [0.15, 0.2) is 12.3 Å². The van der Waals surface area contributed by atoms with Crippen molar-refractivity contribution in [2.75, 3.05) is 17.7 Å². The smallest absolute Gasteiger partial charge is 0.141 e. The Hall–Kier alpha value is -1.35. The highest BCUT2D eigenvalue weighted by atomic mass is 35.5. The standard InChI is InChI=1S/C12H13ClN2O/c1-6-4-15-12-9(16)2-8-11(10(6)12)7(3-13)5-14-8/h2,4,7,14-16H,3,5H2,1H3. The quantitative estimate of drug-likeness (QED) is 0.667. The van der Waals surface area contributed by atoms with Crippen molar-refractivity contribution in [3.05, 3.63) is 23.4 Å². The van der Waals surface area contributed by atoms with Crippen molar-refractivity contribution in [2.24, 2.45) is 0 Å². The Bertz CT molecular complexity index is 562. The molecule has 0 radical (unpaired) electrons. The summed E-state index contributed by atoms with van der Waals surface area (Å²) in [6.45, 7) is 2.89. The first-order valence-corrected chi connectivity index (χ1v) is 5.89. The summed E-state index contributed by atoms with van der Waals surface area (Å²) in [5.41, 5.74) is 4.22. The van der Waals surface area contributed by atoms with Crippen LogP contribution in [0.3, 0.4) is 0 Å². The largest absolute Gasteiger partial charge is 0.506 e. The molecule has 2 aromatic rings. The predicted octanol–water partition coefficient (Wildman–Crippen LogP) is 2.93. The van der Waals surface area contributed by atoms with E-state index in [1.54, 1.807) is 6.07 Å². The molecule has 0 saturated heterocycles. The van der Waals surface area contributed by atoms with Crippen LogP contribution in [0.5, 0.6) is 5.75 Å². The lowest BCUT2D eigenvalue weighted by Gasteiger charge is -2.09. The lowest BCUT2D eigenvalue weighted by atomic mass is 9.97. The third-order valence-corrected chi connectivity index (χ3v) is 3.68. The summed E-state index contributed by atoms with van der Waals surface area (Å²) in [7, 11) is 0. The van der Waals surface area contributed by atoms with Crippen molar-refractivity contribution >= 4 is 28.2 Å². The second-order valence-corrected chi connectivity index (χ2v) is 4.62. The number of aromatic nitrogens is 1. The Morgan fingerprint density at radius 3 is 3.12 bits per heavy atom. The number of benzene rings is 1. The first-order valence-electron chi connectivity index (χ1n) is 5.35. The number of aryl methyl sites for hydroxylation is 1. The van der Waals surface area contributed by atoms with Crippen molar-refractivity contribution in [1.29, 1.82) is 0 Å². The highest BCUT2D eigenvalue weighted by Gasteiger charge is 2.26. The minimum atomic E-state index is 0.296. The summed E-state index contributed by atoms with van der Waals surface area (Å²) in [5, 5.41) is 14.3. The van der Waals surface area contributed by atoms with Gasteiger partial charge in [0.25, 0.3) is 0 Å². The Labute approximate surface area is 98.4 Å². The summed E-state index contributed by atoms with van der Waals surface area (Å²) in [5.74, 6) is 1.23. The number of alkyl halides is 1. The van der Waals surface area contributed by atoms with Gasteiger partial charge in [0.1, 0.15) is 5.75 Å². The number of hydrogen-bond acceptors (Lipinski definition) is 2. The minimum Gasteiger partial charge on any atom is -0.506 e. The molecular formula is C12H13ClN2O. The van der Waals surface area contributed by atoms with Crippen LogP contribution >= 0.6 is 11.6 Å². The number of nitrogens with one attached hydrogen (secondary N) is 2. The normalized spacial score (nSPS) is 18.8. The predicted molar refractivity (Wildman–Crippen MR) is 66.7 cm³/mol. The van der Waals surface area contributed by atoms with Gasteiger partial charge in [0.15, 0.2) is 0 Å². The van der Waals surface area contributed by atoms with Gasteiger partial charge in [0.2, 0.25) is 0 Å². The average molecular weight is 237 g/mol. The summed E-state index contributed by atoms with van der Waals surface area (Å²) < 4.78 is 0. The van der Waals surface area contributed by atoms with Gasteiger partial charge in [-0.05, 0) is 18.1 Å². The SMILES string of the molecule is Cc1c[nH]c2c(O)cc3c(c12)C(CCl)CN3. The van der Waals surface area contributed by atoms with Crippen LogP contribution in [0.2, 0.25) is 0 Å². The molecule has 0 fully saturated rings. The molecule has 2 heterocycles. The van der Waals surface area contributed by atoms with E-state index in [-0.39, 0.29) is 0 Å². The number of aromatic amines is 1. The van der Waals surface area contributed by atoms with Gasteiger partial charge in [-0.25, -0.2) is 0 Å². The minimum absolute atomic E-state index is 0.296. The fraction of sp³-hybridized carbons (Fsp3) is 0.333. The van der Waals surface area contributed by atoms with E-state index < -0.39 is 0 Å². The zero-order valence-electron chi connectivity index (χ0n) is 8.97. The van der Waals surface area contributed by atoms with Gasteiger partial charge in [-0.1, -0.05) is 0 Å². The summed E-state index contributed by atoms with van der Waals surface area (Å²) >= 11 is 5.98. The fourth-order valence-corrected chi connectivity index (χ4v) is 2.79. The number of phenolic OH excluding ortho intramolecular Hbond substituents is 1. The molecule has 4 heteroatoms. The summed E-state index contributed by atoms with van der Waals surface area (Å²) in [4.78, 5) is 3.11. The van der Waals surface area contributed by atoms with Crippen molar-refractivity contribution in [3.8, 4) is 5.75 Å². The van der Waals surface area contributed by atoms with Gasteiger partial charge in [-0.2, -0.15) is 0 Å². The number of phenols is 1. The number of fused-ring (bicyclic) bond motifs is 3. The molecule has 3 N–H and O–H groups in total. The lowest BCUT2D eigenvalue weighted by molar-refractivity contribution is 0.481. The molecule has 1 aliphatic rings. The van der Waals surface area contributed by atoms with E-state index in [0.717, 1.165) is 28.7 Å². The van der Waals surface area contributed by atoms with Crippen LogP contribution < -0.4 is 5.32 Å². The van der Waals surface area contributed by atoms with Crippen molar-refractivity contribution in [1.82, 2.24) is 4.98 Å². The fourth-order valence-electron chi connectivity index (χ4n) is 2.53. The van der Waals surface area contributed by atoms with Gasteiger partial charge in [0.05, 0.1) is 5.52 Å². The van der Waals surface area contributed by atoms with Crippen LogP contribution in [0, 0.1) is 6.92 Å². The van der Waals surface area contributed by atoms with Crippen LogP contribution in [0.1, 0.15) is 17.0 Å². The van der Waals surface area contributed by atoms with E-state index in [4.69, 9.17) is 11.6 Å². The van der Waals surface area contributed by atoms with Gasteiger partial charge in [0, 0.05) is 41.7 Å². The maximum absolute atomic E-state index is 9.90. The third-order valence-electron chi connectivity index (χ3n) is 3.31. The number of aromatic hydroxyl groups is 1. The van der Waals surface area contributed by atoms with Crippen molar-refractivity contribution < 1.29 is 5.11 Å². The summed E-state index contributed by atoms with van der Waals surface area (Å²) in [6.07, 6.45) is 1.92. The molecule has 1 aliphatic heterocycles. The molecule has 1 atom stereocenters. The number of H-pyrrole nitrogens is 1. The zero-order valence-corrected chi connectivity index (χ0v) is 9.73. The van der Waals surface area contributed by atoms with Crippen LogP contribution in [-0.4, -0.2) is 22.5 Å². The van der Waals surface area contributed by atoms with Gasteiger partial charge >= 0.3 is 0 Å². The van der Waals surface area contributed by atoms with E-state index in [0.29, 0.717) is 17.5 Å². The number of hydrogen-bond donors (Lipinski definition) is 3. The Morgan fingerprint density at radius 1 is 1.56 bits per heavy atom. The average Bonchev–Trinajstić information content (AvgIpc) is 2.82. The topological polar surface area (TPSA) is 48.0 Å². The van der Waals surface area contributed by atoms with Crippen LogP contribution in [0.4, 0.5) is 5.69 Å². The van der Waals surface area contributed by atoms with E-state index in [2.05, 4.69) is 10.3 Å². The molecule has 1 aromatic heterocycles. The highest BCUT2D eigenvalue weighted by molar-refractivity contribution is 6.18. The molecule has 0 amide bonds. The third kappa shape index (κ3) is 1.15. The van der Waals surface area contributed by atoms with Crippen molar-refractivity contribution in [2.45, 2.75) is 12.8 Å². The monoisotopic (exact) mass is 236 g/mol. The molecular weight excluding hydrogens is 224 g/mol. The van der Waals surface area contributed by atoms with Gasteiger partial charge < -0.3 is 15.4 Å². The number of halogens is 1. The maximum Gasteiger partial charge on any atom is 0.141 e. The first-order chi connectivity index (χ1) is 7.72. The second kappa shape index (κ2) is 3.32. The Kier molecular flexibility index (Phi) is 2.04. The van der Waals surface area contributed by atoms with Gasteiger partial charge in [-0.3, -0.25) is 0 Å². The number of rotatable bonds is 1. The Morgan fingerprint density at radius 2 is 2.38 bits per heavy atom. The van der Waals surface area contributed by atoms with E-state index in [1.165, 1.54) is 5.56 Å². The zero-order chi connectivity index (χ0) is 11.3. The molecule has 3 rings (SSSR count). The molecule has 0 aliphatic carbocycles. The van der Waals surface area contributed by atoms with Crippen molar-refractivity contribution in [3.63, 3.8) is 0 Å². The molecule has 84 valence electrons. The van der Waals surface area contributed by atoms with Crippen LogP contribution in [-0.2, 0) is 0 Å². The molecule has 0 bridgehead atoms. The van der Waals surface area contributed by atoms with E-state index in [9.17, 15) is 5.11 Å². The lowest BCUT2D eigenvalue weighted by Crippen LogP contribution is -2.02. The Balaban J connectivity index is 2.40. The van der Waals surface area contributed by atoms with E-state index >= 15 is 0 Å². The van der Waals surface area contributed by atoms with Gasteiger partial charge in [-0.15, -0.1) is 11.6 Å². The molecule has 3 nitrogen and oxygen atoms in total.